The summed E-state index contributed by atoms with van der Waals surface area (Å²) < 4.78 is 37.7. The van der Waals surface area contributed by atoms with E-state index < -0.39 is 16.0 Å². The molecule has 0 spiro atoms. The van der Waals surface area contributed by atoms with E-state index in [0.717, 1.165) is 5.56 Å². The Morgan fingerprint density at radius 1 is 1.10 bits per heavy atom. The zero-order chi connectivity index (χ0) is 20.9. The molecular formula is C20H21N3O5S. The summed E-state index contributed by atoms with van der Waals surface area (Å²) in [6.07, 6.45) is 0.672. The molecule has 152 valence electrons. The number of esters is 1. The smallest absolute Gasteiger partial charge is 0.338 e. The zero-order valence-corrected chi connectivity index (χ0v) is 16.8. The molecule has 29 heavy (non-hydrogen) atoms. The minimum atomic E-state index is -3.63. The second-order valence-electron chi connectivity index (χ2n) is 6.40. The van der Waals surface area contributed by atoms with Gasteiger partial charge in [-0.05, 0) is 49.7 Å². The van der Waals surface area contributed by atoms with Crippen LogP contribution in [0.2, 0.25) is 0 Å². The number of hydrogen-bond donors (Lipinski definition) is 1. The molecule has 3 rings (SSSR count). The van der Waals surface area contributed by atoms with Gasteiger partial charge in [-0.2, -0.15) is 0 Å². The van der Waals surface area contributed by atoms with Crippen LogP contribution in [0.5, 0.6) is 0 Å². The first kappa shape index (κ1) is 20.7. The molecule has 1 N–H and O–H groups in total. The standard InChI is InChI=1S/C20H21N3O5S/c1-3-14(2)23-29(25,26)17-11-9-16(10-12-17)20(24)27-13-18-21-22-19(28-18)15-7-5-4-6-8-15/h4-12,14,23H,3,13H2,1-2H3/t14-/m0/s1. The van der Waals surface area contributed by atoms with Crippen molar-refractivity contribution in [2.75, 3.05) is 0 Å². The first-order valence-corrected chi connectivity index (χ1v) is 10.5. The lowest BCUT2D eigenvalue weighted by Gasteiger charge is -2.12. The molecule has 1 aromatic heterocycles. The highest BCUT2D eigenvalue weighted by molar-refractivity contribution is 7.89. The summed E-state index contributed by atoms with van der Waals surface area (Å²) in [7, 11) is -3.63. The third-order valence-electron chi connectivity index (χ3n) is 4.18. The maximum atomic E-state index is 12.3. The maximum Gasteiger partial charge on any atom is 0.338 e. The van der Waals surface area contributed by atoms with Crippen LogP contribution < -0.4 is 4.72 Å². The molecule has 0 aliphatic heterocycles. The molecule has 0 amide bonds. The molecule has 9 heteroatoms. The van der Waals surface area contributed by atoms with Gasteiger partial charge in [0.2, 0.25) is 15.9 Å². The first-order valence-electron chi connectivity index (χ1n) is 9.06. The van der Waals surface area contributed by atoms with Crippen LogP contribution >= 0.6 is 0 Å². The second kappa shape index (κ2) is 8.97. The van der Waals surface area contributed by atoms with E-state index >= 15 is 0 Å². The highest BCUT2D eigenvalue weighted by Crippen LogP contribution is 2.18. The van der Waals surface area contributed by atoms with Crippen molar-refractivity contribution in [2.45, 2.75) is 37.8 Å². The van der Waals surface area contributed by atoms with Crippen molar-refractivity contribution in [3.8, 4) is 11.5 Å². The van der Waals surface area contributed by atoms with Crippen molar-refractivity contribution in [2.24, 2.45) is 0 Å². The van der Waals surface area contributed by atoms with E-state index in [2.05, 4.69) is 14.9 Å². The molecule has 0 unspecified atom stereocenters. The molecule has 2 aromatic carbocycles. The van der Waals surface area contributed by atoms with Crippen LogP contribution in [0.3, 0.4) is 0 Å². The van der Waals surface area contributed by atoms with Crippen molar-refractivity contribution in [3.05, 3.63) is 66.1 Å². The Hall–Kier alpha value is -3.04. The van der Waals surface area contributed by atoms with Gasteiger partial charge in [-0.3, -0.25) is 0 Å². The number of carbonyl (C=O) groups is 1. The predicted molar refractivity (Wildman–Crippen MR) is 105 cm³/mol. The van der Waals surface area contributed by atoms with Crippen LogP contribution in [0.4, 0.5) is 0 Å². The molecule has 3 aromatic rings. The van der Waals surface area contributed by atoms with E-state index in [0.29, 0.717) is 12.3 Å². The Balaban J connectivity index is 1.61. The van der Waals surface area contributed by atoms with Crippen LogP contribution in [0, 0.1) is 0 Å². The summed E-state index contributed by atoms with van der Waals surface area (Å²) in [5, 5.41) is 7.78. The summed E-state index contributed by atoms with van der Waals surface area (Å²) in [6.45, 7) is 3.48. The van der Waals surface area contributed by atoms with E-state index in [-0.39, 0.29) is 29.0 Å². The van der Waals surface area contributed by atoms with E-state index in [1.165, 1.54) is 24.3 Å². The van der Waals surface area contributed by atoms with Gasteiger partial charge in [-0.15, -0.1) is 10.2 Å². The number of nitrogens with zero attached hydrogens (tertiary/aromatic N) is 2. The Morgan fingerprint density at radius 3 is 2.45 bits per heavy atom. The monoisotopic (exact) mass is 415 g/mol. The van der Waals surface area contributed by atoms with Crippen molar-refractivity contribution < 1.29 is 22.4 Å². The molecule has 1 heterocycles. The third kappa shape index (κ3) is 5.27. The van der Waals surface area contributed by atoms with Crippen molar-refractivity contribution in [1.82, 2.24) is 14.9 Å². The Bertz CT molecular complexity index is 1060. The van der Waals surface area contributed by atoms with Gasteiger partial charge in [0.05, 0.1) is 10.5 Å². The topological polar surface area (TPSA) is 111 Å². The SMILES string of the molecule is CC[C@H](C)NS(=O)(=O)c1ccc(C(=O)OCc2nnc(-c3ccccc3)o2)cc1. The third-order valence-corrected chi connectivity index (χ3v) is 5.79. The van der Waals surface area contributed by atoms with Gasteiger partial charge < -0.3 is 9.15 Å². The highest BCUT2D eigenvalue weighted by atomic mass is 32.2. The van der Waals surface area contributed by atoms with Crippen LogP contribution in [0.25, 0.3) is 11.5 Å². The molecule has 0 fully saturated rings. The summed E-state index contributed by atoms with van der Waals surface area (Å²) in [6, 6.07) is 14.6. The Morgan fingerprint density at radius 2 is 1.79 bits per heavy atom. The number of sulfonamides is 1. The van der Waals surface area contributed by atoms with Gasteiger partial charge in [0, 0.05) is 11.6 Å². The molecule has 1 atom stereocenters. The van der Waals surface area contributed by atoms with Crippen LogP contribution in [-0.4, -0.2) is 30.6 Å². The van der Waals surface area contributed by atoms with E-state index in [1.807, 2.05) is 37.3 Å². The molecule has 8 nitrogen and oxygen atoms in total. The number of nitrogens with one attached hydrogen (secondary N) is 1. The van der Waals surface area contributed by atoms with Crippen molar-refractivity contribution in [3.63, 3.8) is 0 Å². The highest BCUT2D eigenvalue weighted by Gasteiger charge is 2.18. The number of benzene rings is 2. The molecule has 0 radical (unpaired) electrons. The molecule has 0 aliphatic carbocycles. The van der Waals surface area contributed by atoms with Crippen molar-refractivity contribution >= 4 is 16.0 Å². The second-order valence-corrected chi connectivity index (χ2v) is 8.11. The molecule has 0 saturated heterocycles. The number of rotatable bonds is 8. The molecule has 0 saturated carbocycles. The summed E-state index contributed by atoms with van der Waals surface area (Å²) in [5.41, 5.74) is 0.982. The number of ether oxygens (including phenoxy) is 1. The fourth-order valence-electron chi connectivity index (χ4n) is 2.41. The van der Waals surface area contributed by atoms with E-state index in [4.69, 9.17) is 9.15 Å². The number of carbonyl (C=O) groups excluding carboxylic acids is 1. The van der Waals surface area contributed by atoms with Gasteiger partial charge in [0.15, 0.2) is 6.61 Å². The first-order chi connectivity index (χ1) is 13.9. The lowest BCUT2D eigenvalue weighted by atomic mass is 10.2. The van der Waals surface area contributed by atoms with Crippen LogP contribution in [0.1, 0.15) is 36.5 Å². The van der Waals surface area contributed by atoms with Gasteiger partial charge in [-0.25, -0.2) is 17.9 Å². The van der Waals surface area contributed by atoms with Crippen LogP contribution in [0.15, 0.2) is 63.9 Å². The minimum absolute atomic E-state index is 0.0822. The predicted octanol–water partition coefficient (Wildman–Crippen LogP) is 3.17. The molecule has 0 bridgehead atoms. The minimum Gasteiger partial charge on any atom is -0.452 e. The van der Waals surface area contributed by atoms with Crippen LogP contribution in [-0.2, 0) is 21.4 Å². The lowest BCUT2D eigenvalue weighted by molar-refractivity contribution is 0.0438. The van der Waals surface area contributed by atoms with E-state index in [9.17, 15) is 13.2 Å². The van der Waals surface area contributed by atoms with Gasteiger partial charge in [-0.1, -0.05) is 25.1 Å². The molecule has 0 aliphatic rings. The average Bonchev–Trinajstić information content (AvgIpc) is 3.21. The fourth-order valence-corrected chi connectivity index (χ4v) is 3.73. The summed E-state index contributed by atoms with van der Waals surface area (Å²) >= 11 is 0. The maximum absolute atomic E-state index is 12.3. The summed E-state index contributed by atoms with van der Waals surface area (Å²) in [5.74, 6) is -0.127. The lowest BCUT2D eigenvalue weighted by Crippen LogP contribution is -2.32. The largest absolute Gasteiger partial charge is 0.452 e. The quantitative estimate of drug-likeness (QED) is 0.562. The van der Waals surface area contributed by atoms with Gasteiger partial charge in [0.25, 0.3) is 5.89 Å². The normalized spacial score (nSPS) is 12.5. The average molecular weight is 415 g/mol. The van der Waals surface area contributed by atoms with E-state index in [1.54, 1.807) is 6.92 Å². The zero-order valence-electron chi connectivity index (χ0n) is 16.0. The van der Waals surface area contributed by atoms with Gasteiger partial charge >= 0.3 is 5.97 Å². The Labute approximate surface area is 169 Å². The number of hydrogen-bond acceptors (Lipinski definition) is 7. The van der Waals surface area contributed by atoms with Gasteiger partial charge in [0.1, 0.15) is 0 Å². The summed E-state index contributed by atoms with van der Waals surface area (Å²) in [4.78, 5) is 12.3. The number of aromatic nitrogens is 2. The van der Waals surface area contributed by atoms with Crippen molar-refractivity contribution in [1.29, 1.82) is 0 Å². The Kier molecular flexibility index (Phi) is 6.40. The fraction of sp³-hybridized carbons (Fsp3) is 0.250. The molecular weight excluding hydrogens is 394 g/mol.